The van der Waals surface area contributed by atoms with Crippen LogP contribution in [0.4, 0.5) is 8.78 Å². The number of hydrogen-bond donors (Lipinski definition) is 1. The Labute approximate surface area is 154 Å². The Hall–Kier alpha value is -2.41. The molecule has 0 saturated heterocycles. The maximum absolute atomic E-state index is 13.7. The Morgan fingerprint density at radius 3 is 2.58 bits per heavy atom. The predicted molar refractivity (Wildman–Crippen MR) is 101 cm³/mol. The van der Waals surface area contributed by atoms with Crippen molar-refractivity contribution < 1.29 is 8.78 Å². The Morgan fingerprint density at radius 1 is 1.27 bits per heavy atom. The van der Waals surface area contributed by atoms with Gasteiger partial charge in [0.2, 0.25) is 0 Å². The van der Waals surface area contributed by atoms with E-state index in [2.05, 4.69) is 9.97 Å². The first-order valence-electron chi connectivity index (χ1n) is 8.45. The fraction of sp³-hybridized carbons (Fsp3) is 0.316. The molecule has 2 aromatic heterocycles. The highest BCUT2D eigenvalue weighted by Crippen LogP contribution is 2.29. The summed E-state index contributed by atoms with van der Waals surface area (Å²) in [4.78, 5) is 19.4. The van der Waals surface area contributed by atoms with Gasteiger partial charge in [-0.2, -0.15) is 0 Å². The largest absolute Gasteiger partial charge is 0.302 e. The van der Waals surface area contributed by atoms with E-state index in [-0.39, 0.29) is 21.4 Å². The van der Waals surface area contributed by atoms with Crippen molar-refractivity contribution in [1.29, 1.82) is 0 Å². The van der Waals surface area contributed by atoms with Gasteiger partial charge in [0.1, 0.15) is 5.65 Å². The van der Waals surface area contributed by atoms with Crippen molar-refractivity contribution in [2.24, 2.45) is 0 Å². The molecule has 4 nitrogen and oxygen atoms in total. The van der Waals surface area contributed by atoms with E-state index in [4.69, 9.17) is 12.2 Å². The standard InChI is InChI=1S/C19H19F2N3OS/c1-3-4-9-24-17-15(18(25)23-19(24)26)13(16(20)21)10-14(22-17)12-7-5-11(2)6-8-12/h5-8,10,16H,3-4,9H2,1-2H3,(H,23,25,26). The fourth-order valence-corrected chi connectivity index (χ4v) is 3.14. The van der Waals surface area contributed by atoms with E-state index >= 15 is 0 Å². The van der Waals surface area contributed by atoms with Crippen molar-refractivity contribution in [2.45, 2.75) is 39.7 Å². The van der Waals surface area contributed by atoms with Crippen LogP contribution >= 0.6 is 12.2 Å². The molecule has 2 heterocycles. The van der Waals surface area contributed by atoms with Crippen LogP contribution in [0.2, 0.25) is 0 Å². The third-order valence-corrected chi connectivity index (χ3v) is 4.62. The molecule has 0 aliphatic rings. The molecule has 0 atom stereocenters. The summed E-state index contributed by atoms with van der Waals surface area (Å²) in [6.45, 7) is 4.48. The van der Waals surface area contributed by atoms with Gasteiger partial charge >= 0.3 is 0 Å². The highest BCUT2D eigenvalue weighted by molar-refractivity contribution is 7.71. The molecule has 3 aromatic rings. The molecule has 0 amide bonds. The van der Waals surface area contributed by atoms with E-state index in [9.17, 15) is 13.6 Å². The van der Waals surface area contributed by atoms with Gasteiger partial charge in [-0.3, -0.25) is 9.78 Å². The number of aromatic nitrogens is 3. The van der Waals surface area contributed by atoms with E-state index in [1.165, 1.54) is 6.07 Å². The lowest BCUT2D eigenvalue weighted by Gasteiger charge is -2.14. The maximum atomic E-state index is 13.7. The van der Waals surface area contributed by atoms with Crippen LogP contribution in [0.15, 0.2) is 35.1 Å². The summed E-state index contributed by atoms with van der Waals surface area (Å²) < 4.78 is 29.2. The molecule has 1 aromatic carbocycles. The van der Waals surface area contributed by atoms with Crippen LogP contribution in [-0.4, -0.2) is 14.5 Å². The third-order valence-electron chi connectivity index (χ3n) is 4.30. The average molecular weight is 375 g/mol. The number of fused-ring (bicyclic) bond motifs is 1. The summed E-state index contributed by atoms with van der Waals surface area (Å²) in [7, 11) is 0. The first kappa shape index (κ1) is 18.4. The molecule has 0 fully saturated rings. The zero-order valence-corrected chi connectivity index (χ0v) is 15.4. The molecular weight excluding hydrogens is 356 g/mol. The number of aryl methyl sites for hydroxylation is 2. The Kier molecular flexibility index (Phi) is 5.27. The van der Waals surface area contributed by atoms with E-state index in [0.29, 0.717) is 17.8 Å². The molecule has 1 N–H and O–H groups in total. The summed E-state index contributed by atoms with van der Waals surface area (Å²) in [5.41, 5.74) is 1.43. The van der Waals surface area contributed by atoms with Crippen LogP contribution in [0.5, 0.6) is 0 Å². The predicted octanol–water partition coefficient (Wildman–Crippen LogP) is 5.17. The summed E-state index contributed by atoms with van der Waals surface area (Å²) >= 11 is 5.25. The van der Waals surface area contributed by atoms with Crippen LogP contribution < -0.4 is 5.56 Å². The number of hydrogen-bond acceptors (Lipinski definition) is 3. The van der Waals surface area contributed by atoms with Gasteiger partial charge < -0.3 is 4.57 Å². The summed E-state index contributed by atoms with van der Waals surface area (Å²) in [6, 6.07) is 8.74. The summed E-state index contributed by atoms with van der Waals surface area (Å²) in [5, 5.41) is -0.0967. The number of halogens is 2. The fourth-order valence-electron chi connectivity index (χ4n) is 2.87. The van der Waals surface area contributed by atoms with Gasteiger partial charge in [-0.25, -0.2) is 13.8 Å². The highest BCUT2D eigenvalue weighted by Gasteiger charge is 2.20. The molecule has 0 radical (unpaired) electrons. The van der Waals surface area contributed by atoms with Crippen molar-refractivity contribution >= 4 is 23.3 Å². The lowest BCUT2D eigenvalue weighted by atomic mass is 10.1. The van der Waals surface area contributed by atoms with Crippen molar-refractivity contribution in [3.05, 3.63) is 56.6 Å². The number of aromatic amines is 1. The Bertz CT molecular complexity index is 1060. The summed E-state index contributed by atoms with van der Waals surface area (Å²) in [6.07, 6.45) is -1.08. The van der Waals surface area contributed by atoms with Crippen LogP contribution in [0.3, 0.4) is 0 Å². The minimum absolute atomic E-state index is 0.0967. The van der Waals surface area contributed by atoms with Crippen molar-refractivity contribution in [2.75, 3.05) is 0 Å². The number of alkyl halides is 2. The molecule has 136 valence electrons. The van der Waals surface area contributed by atoms with Gasteiger partial charge in [0.05, 0.1) is 11.1 Å². The van der Waals surface area contributed by atoms with Gasteiger partial charge in [0, 0.05) is 17.7 Å². The van der Waals surface area contributed by atoms with Gasteiger partial charge in [-0.05, 0) is 31.6 Å². The molecule has 0 bridgehead atoms. The molecule has 3 rings (SSSR count). The minimum atomic E-state index is -2.79. The number of benzene rings is 1. The van der Waals surface area contributed by atoms with Gasteiger partial charge in [0.15, 0.2) is 4.77 Å². The van der Waals surface area contributed by atoms with E-state index in [1.54, 1.807) is 4.57 Å². The van der Waals surface area contributed by atoms with E-state index < -0.39 is 12.0 Å². The first-order valence-corrected chi connectivity index (χ1v) is 8.86. The second kappa shape index (κ2) is 7.45. The SMILES string of the molecule is CCCCn1c(=S)[nH]c(=O)c2c(C(F)F)cc(-c3ccc(C)cc3)nc21. The topological polar surface area (TPSA) is 50.7 Å². The molecule has 0 unspecified atom stereocenters. The number of H-pyrrole nitrogens is 1. The molecule has 0 aliphatic heterocycles. The number of rotatable bonds is 5. The van der Waals surface area contributed by atoms with Crippen molar-refractivity contribution in [3.8, 4) is 11.3 Å². The van der Waals surface area contributed by atoms with Crippen LogP contribution in [0.25, 0.3) is 22.3 Å². The summed E-state index contributed by atoms with van der Waals surface area (Å²) in [5.74, 6) is 0. The smallest absolute Gasteiger partial charge is 0.264 e. The molecular formula is C19H19F2N3OS. The number of nitrogens with one attached hydrogen (secondary N) is 1. The lowest BCUT2D eigenvalue weighted by Crippen LogP contribution is -2.18. The first-order chi connectivity index (χ1) is 12.4. The minimum Gasteiger partial charge on any atom is -0.302 e. The lowest BCUT2D eigenvalue weighted by molar-refractivity contribution is 0.153. The number of unbranched alkanes of at least 4 members (excludes halogenated alkanes) is 1. The molecule has 0 spiro atoms. The van der Waals surface area contributed by atoms with Gasteiger partial charge in [-0.15, -0.1) is 0 Å². The average Bonchev–Trinajstić information content (AvgIpc) is 2.61. The number of nitrogens with zero attached hydrogens (tertiary/aromatic N) is 2. The second-order valence-corrected chi connectivity index (χ2v) is 6.61. The monoisotopic (exact) mass is 375 g/mol. The quantitative estimate of drug-likeness (QED) is 0.626. The van der Waals surface area contributed by atoms with Crippen molar-refractivity contribution in [3.63, 3.8) is 0 Å². The van der Waals surface area contributed by atoms with Crippen LogP contribution in [-0.2, 0) is 6.54 Å². The van der Waals surface area contributed by atoms with Crippen molar-refractivity contribution in [1.82, 2.24) is 14.5 Å². The third kappa shape index (κ3) is 3.44. The molecule has 26 heavy (non-hydrogen) atoms. The van der Waals surface area contributed by atoms with Crippen LogP contribution in [0.1, 0.15) is 37.3 Å². The van der Waals surface area contributed by atoms with Crippen LogP contribution in [0, 0.1) is 11.7 Å². The second-order valence-electron chi connectivity index (χ2n) is 6.23. The molecule has 0 aliphatic carbocycles. The zero-order chi connectivity index (χ0) is 18.8. The number of pyridine rings is 1. The molecule has 7 heteroatoms. The zero-order valence-electron chi connectivity index (χ0n) is 14.6. The highest BCUT2D eigenvalue weighted by atomic mass is 32.1. The van der Waals surface area contributed by atoms with Gasteiger partial charge in [-0.1, -0.05) is 43.2 Å². The van der Waals surface area contributed by atoms with E-state index in [0.717, 1.165) is 18.4 Å². The molecule has 0 saturated carbocycles. The van der Waals surface area contributed by atoms with E-state index in [1.807, 2.05) is 38.1 Å². The Morgan fingerprint density at radius 2 is 1.96 bits per heavy atom. The normalized spacial score (nSPS) is 11.4. The maximum Gasteiger partial charge on any atom is 0.264 e. The van der Waals surface area contributed by atoms with Gasteiger partial charge in [0.25, 0.3) is 12.0 Å². The Balaban J connectivity index is 2.37.